The molecule has 2 N–H and O–H groups in total. The lowest BCUT2D eigenvalue weighted by Gasteiger charge is -2.07. The van der Waals surface area contributed by atoms with E-state index in [1.54, 1.807) is 6.33 Å². The zero-order valence-electron chi connectivity index (χ0n) is 12.4. The first-order valence-corrected chi connectivity index (χ1v) is 7.82. The monoisotopic (exact) mass is 295 g/mol. The van der Waals surface area contributed by atoms with Crippen LogP contribution in [0.25, 0.3) is 11.2 Å². The highest BCUT2D eigenvalue weighted by atomic mass is 15.3. The smallest absolute Gasteiger partial charge is 0.229 e. The molecule has 3 aromatic heterocycles. The third kappa shape index (κ3) is 1.88. The summed E-state index contributed by atoms with van der Waals surface area (Å²) in [7, 11) is 0. The Morgan fingerprint density at radius 3 is 2.86 bits per heavy atom. The van der Waals surface area contributed by atoms with Crippen molar-refractivity contribution in [3.63, 3.8) is 0 Å². The number of hydrogen-bond donors (Lipinski definition) is 2. The van der Waals surface area contributed by atoms with Crippen molar-refractivity contribution in [3.8, 4) is 0 Å². The summed E-state index contributed by atoms with van der Waals surface area (Å²) in [6, 6.07) is 0.577. The Kier molecular flexibility index (Phi) is 2.36. The molecular formula is C15H17N7. The maximum Gasteiger partial charge on any atom is 0.229 e. The molecule has 2 saturated carbocycles. The van der Waals surface area contributed by atoms with Gasteiger partial charge in [0.15, 0.2) is 5.65 Å². The summed E-state index contributed by atoms with van der Waals surface area (Å²) in [5.74, 6) is 1.15. The van der Waals surface area contributed by atoms with Crippen LogP contribution in [0.2, 0.25) is 0 Å². The first kappa shape index (κ1) is 12.1. The van der Waals surface area contributed by atoms with Crippen LogP contribution >= 0.6 is 0 Å². The van der Waals surface area contributed by atoms with E-state index >= 15 is 0 Å². The minimum atomic E-state index is 0.532. The average molecular weight is 295 g/mol. The molecule has 0 unspecified atom stereocenters. The number of H-pyrrole nitrogens is 1. The lowest BCUT2D eigenvalue weighted by atomic mass is 10.2. The first-order chi connectivity index (χ1) is 10.8. The molecule has 0 radical (unpaired) electrons. The number of nitrogens with one attached hydrogen (secondary N) is 2. The van der Waals surface area contributed by atoms with Crippen molar-refractivity contribution >= 4 is 22.8 Å². The summed E-state index contributed by atoms with van der Waals surface area (Å²) in [6.45, 7) is 2.09. The molecule has 7 nitrogen and oxygen atoms in total. The SMILES string of the molecule is Cc1c(Nc2nc(C3CC3)c3nc[nH]c3n2)cnn1C1CC1. The van der Waals surface area contributed by atoms with E-state index in [-0.39, 0.29) is 0 Å². The van der Waals surface area contributed by atoms with Crippen molar-refractivity contribution in [3.05, 3.63) is 23.9 Å². The fraction of sp³-hybridized carbons (Fsp3) is 0.467. The molecule has 0 aliphatic heterocycles. The molecule has 0 spiro atoms. The number of anilines is 2. The van der Waals surface area contributed by atoms with Crippen molar-refractivity contribution in [2.45, 2.75) is 44.6 Å². The van der Waals surface area contributed by atoms with Crippen molar-refractivity contribution < 1.29 is 0 Å². The standard InChI is InChI=1S/C15H17N7/c1-8-11(6-18-22(8)10-4-5-10)19-15-20-12(9-2-3-9)13-14(21-15)17-7-16-13/h6-7,9-10H,2-5H2,1H3,(H2,16,17,19,20,21). The number of aromatic amines is 1. The van der Waals surface area contributed by atoms with Gasteiger partial charge < -0.3 is 10.3 Å². The summed E-state index contributed by atoms with van der Waals surface area (Å²) in [4.78, 5) is 16.7. The summed E-state index contributed by atoms with van der Waals surface area (Å²) in [5.41, 5.74) is 4.88. The predicted octanol–water partition coefficient (Wildman–Crippen LogP) is 2.81. The maximum atomic E-state index is 4.70. The van der Waals surface area contributed by atoms with Gasteiger partial charge in [-0.2, -0.15) is 10.1 Å². The first-order valence-electron chi connectivity index (χ1n) is 7.82. The molecule has 3 heterocycles. The van der Waals surface area contributed by atoms with Crippen molar-refractivity contribution in [2.75, 3.05) is 5.32 Å². The Labute approximate surface area is 127 Å². The Balaban J connectivity index is 1.53. The maximum absolute atomic E-state index is 4.70. The lowest BCUT2D eigenvalue weighted by molar-refractivity contribution is 0.622. The highest BCUT2D eigenvalue weighted by Gasteiger charge is 2.29. The van der Waals surface area contributed by atoms with Gasteiger partial charge in [-0.15, -0.1) is 0 Å². The molecule has 0 amide bonds. The molecule has 2 fully saturated rings. The summed E-state index contributed by atoms with van der Waals surface area (Å²) in [6.07, 6.45) is 8.39. The largest absolute Gasteiger partial charge is 0.329 e. The Hall–Kier alpha value is -2.44. The fourth-order valence-electron chi connectivity index (χ4n) is 2.91. The zero-order valence-corrected chi connectivity index (χ0v) is 12.4. The van der Waals surface area contributed by atoms with Gasteiger partial charge in [-0.3, -0.25) is 4.68 Å². The molecule has 2 aliphatic rings. The van der Waals surface area contributed by atoms with E-state index in [0.29, 0.717) is 17.9 Å². The van der Waals surface area contributed by atoms with Crippen molar-refractivity contribution in [1.82, 2.24) is 29.7 Å². The fourth-order valence-corrected chi connectivity index (χ4v) is 2.91. The topological polar surface area (TPSA) is 84.3 Å². The number of hydrogen-bond acceptors (Lipinski definition) is 5. The van der Waals surface area contributed by atoms with Crippen LogP contribution in [0.5, 0.6) is 0 Å². The molecule has 112 valence electrons. The van der Waals surface area contributed by atoms with Gasteiger partial charge in [-0.25, -0.2) is 9.97 Å². The Bertz CT molecular complexity index is 854. The van der Waals surface area contributed by atoms with E-state index in [1.807, 2.05) is 6.20 Å². The van der Waals surface area contributed by atoms with Gasteiger partial charge in [0.1, 0.15) is 5.52 Å². The molecule has 3 aromatic rings. The number of imidazole rings is 1. The van der Waals surface area contributed by atoms with E-state index in [9.17, 15) is 0 Å². The van der Waals surface area contributed by atoms with E-state index in [0.717, 1.165) is 28.2 Å². The van der Waals surface area contributed by atoms with Crippen LogP contribution in [0.15, 0.2) is 12.5 Å². The van der Waals surface area contributed by atoms with Crippen LogP contribution in [0, 0.1) is 6.92 Å². The van der Waals surface area contributed by atoms with Crippen LogP contribution in [-0.4, -0.2) is 29.7 Å². The van der Waals surface area contributed by atoms with E-state index in [1.165, 1.54) is 25.7 Å². The summed E-state index contributed by atoms with van der Waals surface area (Å²) < 4.78 is 2.10. The predicted molar refractivity (Wildman–Crippen MR) is 82.2 cm³/mol. The number of rotatable bonds is 4. The highest BCUT2D eigenvalue weighted by Crippen LogP contribution is 2.42. The van der Waals surface area contributed by atoms with Gasteiger partial charge >= 0.3 is 0 Å². The minimum absolute atomic E-state index is 0.532. The second-order valence-corrected chi connectivity index (χ2v) is 6.25. The van der Waals surface area contributed by atoms with Crippen LogP contribution < -0.4 is 5.32 Å². The van der Waals surface area contributed by atoms with Gasteiger partial charge in [-0.05, 0) is 32.6 Å². The molecule has 2 aliphatic carbocycles. The Morgan fingerprint density at radius 1 is 1.23 bits per heavy atom. The molecule has 0 bridgehead atoms. The van der Waals surface area contributed by atoms with Gasteiger partial charge in [-0.1, -0.05) is 0 Å². The van der Waals surface area contributed by atoms with Gasteiger partial charge in [0.25, 0.3) is 0 Å². The van der Waals surface area contributed by atoms with E-state index < -0.39 is 0 Å². The van der Waals surface area contributed by atoms with Gasteiger partial charge in [0, 0.05) is 5.92 Å². The van der Waals surface area contributed by atoms with Crippen LogP contribution in [0.4, 0.5) is 11.6 Å². The second kappa shape index (κ2) is 4.28. The molecule has 0 saturated heterocycles. The summed E-state index contributed by atoms with van der Waals surface area (Å²) in [5, 5.41) is 7.80. The number of fused-ring (bicyclic) bond motifs is 1. The summed E-state index contributed by atoms with van der Waals surface area (Å²) >= 11 is 0. The third-order valence-corrected chi connectivity index (χ3v) is 4.45. The molecule has 0 aromatic carbocycles. The van der Waals surface area contributed by atoms with Crippen LogP contribution in [0.3, 0.4) is 0 Å². The average Bonchev–Trinajstić information content (AvgIpc) is 3.43. The highest BCUT2D eigenvalue weighted by molar-refractivity contribution is 5.76. The lowest BCUT2D eigenvalue weighted by Crippen LogP contribution is -2.03. The quantitative estimate of drug-likeness (QED) is 0.773. The van der Waals surface area contributed by atoms with Crippen LogP contribution in [-0.2, 0) is 0 Å². The van der Waals surface area contributed by atoms with Gasteiger partial charge in [0.05, 0.1) is 35.6 Å². The van der Waals surface area contributed by atoms with Crippen molar-refractivity contribution in [1.29, 1.82) is 0 Å². The molecule has 22 heavy (non-hydrogen) atoms. The third-order valence-electron chi connectivity index (χ3n) is 4.45. The van der Waals surface area contributed by atoms with E-state index in [4.69, 9.17) is 4.98 Å². The normalized spacial score (nSPS) is 18.0. The van der Waals surface area contributed by atoms with Crippen molar-refractivity contribution in [2.24, 2.45) is 0 Å². The van der Waals surface area contributed by atoms with Crippen LogP contribution in [0.1, 0.15) is 49.0 Å². The van der Waals surface area contributed by atoms with Gasteiger partial charge in [0.2, 0.25) is 5.95 Å². The molecule has 0 atom stereocenters. The minimum Gasteiger partial charge on any atom is -0.329 e. The number of aromatic nitrogens is 6. The molecule has 7 heteroatoms. The molecular weight excluding hydrogens is 278 g/mol. The Morgan fingerprint density at radius 2 is 2.09 bits per heavy atom. The van der Waals surface area contributed by atoms with E-state index in [2.05, 4.69) is 37.0 Å². The number of nitrogens with zero attached hydrogens (tertiary/aromatic N) is 5. The molecule has 5 rings (SSSR count). The zero-order chi connectivity index (χ0) is 14.7. The second-order valence-electron chi connectivity index (χ2n) is 6.25.